The smallest absolute Gasteiger partial charge is 0.303 e. The molecule has 0 fully saturated rings. The molecule has 0 bridgehead atoms. The number of carboxylic acids is 1. The molecule has 1 unspecified atom stereocenters. The zero-order valence-corrected chi connectivity index (χ0v) is 10.1. The molecule has 90 valence electrons. The average Bonchev–Trinajstić information content (AvgIpc) is 2.49. The number of aromatic nitrogens is 3. The molecule has 0 aliphatic carbocycles. The number of hydrogen-bond acceptors (Lipinski definition) is 3. The van der Waals surface area contributed by atoms with Gasteiger partial charge in [-0.2, -0.15) is 0 Å². The summed E-state index contributed by atoms with van der Waals surface area (Å²) in [4.78, 5) is 10.6. The summed E-state index contributed by atoms with van der Waals surface area (Å²) < 4.78 is 2.07. The molecule has 0 amide bonds. The monoisotopic (exact) mass is 225 g/mol. The van der Waals surface area contributed by atoms with E-state index in [4.69, 9.17) is 5.11 Å². The Bertz CT molecular complexity index is 360. The van der Waals surface area contributed by atoms with Crippen LogP contribution in [0.5, 0.6) is 0 Å². The molecule has 0 aliphatic heterocycles. The van der Waals surface area contributed by atoms with Crippen LogP contribution in [0.3, 0.4) is 0 Å². The van der Waals surface area contributed by atoms with Crippen LogP contribution in [0.25, 0.3) is 0 Å². The van der Waals surface area contributed by atoms with Crippen molar-refractivity contribution >= 4 is 5.97 Å². The maximum atomic E-state index is 10.6. The van der Waals surface area contributed by atoms with Gasteiger partial charge in [-0.3, -0.25) is 4.79 Å². The Morgan fingerprint density at radius 2 is 2.19 bits per heavy atom. The van der Waals surface area contributed by atoms with Crippen molar-refractivity contribution in [2.45, 2.75) is 46.6 Å². The van der Waals surface area contributed by atoms with Gasteiger partial charge in [0.05, 0.1) is 0 Å². The van der Waals surface area contributed by atoms with Crippen molar-refractivity contribution in [3.05, 3.63) is 11.6 Å². The molecule has 1 aromatic heterocycles. The van der Waals surface area contributed by atoms with E-state index in [2.05, 4.69) is 21.7 Å². The maximum Gasteiger partial charge on any atom is 0.303 e. The van der Waals surface area contributed by atoms with Crippen LogP contribution in [-0.2, 0) is 17.8 Å². The molecule has 0 saturated carbocycles. The Morgan fingerprint density at radius 3 is 2.75 bits per heavy atom. The van der Waals surface area contributed by atoms with Gasteiger partial charge in [-0.1, -0.05) is 13.8 Å². The summed E-state index contributed by atoms with van der Waals surface area (Å²) in [6, 6.07) is 0. The first kappa shape index (κ1) is 12.7. The van der Waals surface area contributed by atoms with Gasteiger partial charge in [-0.25, -0.2) is 0 Å². The van der Waals surface area contributed by atoms with Crippen molar-refractivity contribution in [3.8, 4) is 0 Å². The SMILES string of the molecule is CCCn1c(C)nnc1CC(C)CC(=O)O. The molecule has 16 heavy (non-hydrogen) atoms. The zero-order valence-electron chi connectivity index (χ0n) is 10.1. The molecular formula is C11H19N3O2. The molecule has 0 aromatic carbocycles. The summed E-state index contributed by atoms with van der Waals surface area (Å²) in [5, 5.41) is 16.8. The minimum atomic E-state index is -0.759. The second-order valence-electron chi connectivity index (χ2n) is 4.22. The lowest BCUT2D eigenvalue weighted by Crippen LogP contribution is -2.12. The van der Waals surface area contributed by atoms with Gasteiger partial charge < -0.3 is 9.67 Å². The van der Waals surface area contributed by atoms with E-state index < -0.39 is 5.97 Å². The van der Waals surface area contributed by atoms with Gasteiger partial charge in [0.1, 0.15) is 11.6 Å². The minimum Gasteiger partial charge on any atom is -0.481 e. The lowest BCUT2D eigenvalue weighted by atomic mass is 10.0. The van der Waals surface area contributed by atoms with Crippen molar-refractivity contribution in [2.24, 2.45) is 5.92 Å². The van der Waals surface area contributed by atoms with Crippen LogP contribution in [0.15, 0.2) is 0 Å². The van der Waals surface area contributed by atoms with Crippen LogP contribution in [0, 0.1) is 12.8 Å². The third-order valence-corrected chi connectivity index (χ3v) is 2.51. The first-order valence-corrected chi connectivity index (χ1v) is 5.65. The molecule has 0 radical (unpaired) electrons. The van der Waals surface area contributed by atoms with E-state index in [0.717, 1.165) is 24.6 Å². The Morgan fingerprint density at radius 1 is 1.50 bits per heavy atom. The third kappa shape index (κ3) is 3.32. The lowest BCUT2D eigenvalue weighted by molar-refractivity contribution is -0.137. The van der Waals surface area contributed by atoms with Gasteiger partial charge in [-0.15, -0.1) is 10.2 Å². The summed E-state index contributed by atoms with van der Waals surface area (Å²) in [7, 11) is 0. The Hall–Kier alpha value is -1.39. The van der Waals surface area contributed by atoms with Crippen LogP contribution in [0.4, 0.5) is 0 Å². The van der Waals surface area contributed by atoms with Crippen molar-refractivity contribution in [3.63, 3.8) is 0 Å². The highest BCUT2D eigenvalue weighted by Gasteiger charge is 2.14. The number of nitrogens with zero attached hydrogens (tertiary/aromatic N) is 3. The molecule has 0 saturated heterocycles. The fraction of sp³-hybridized carbons (Fsp3) is 0.727. The van der Waals surface area contributed by atoms with Gasteiger partial charge >= 0.3 is 5.97 Å². The normalized spacial score (nSPS) is 12.7. The van der Waals surface area contributed by atoms with Gasteiger partial charge in [0, 0.05) is 19.4 Å². The number of rotatable bonds is 6. The van der Waals surface area contributed by atoms with Crippen molar-refractivity contribution < 1.29 is 9.90 Å². The second kappa shape index (κ2) is 5.63. The van der Waals surface area contributed by atoms with Crippen LogP contribution < -0.4 is 0 Å². The highest BCUT2D eigenvalue weighted by atomic mass is 16.4. The summed E-state index contributed by atoms with van der Waals surface area (Å²) in [5.74, 6) is 1.13. The quantitative estimate of drug-likeness (QED) is 0.799. The van der Waals surface area contributed by atoms with Crippen molar-refractivity contribution in [1.29, 1.82) is 0 Å². The standard InChI is InChI=1S/C11H19N3O2/c1-4-5-14-9(3)12-13-10(14)6-8(2)7-11(15)16/h8H,4-7H2,1-3H3,(H,15,16). The molecule has 1 aromatic rings. The van der Waals surface area contributed by atoms with E-state index >= 15 is 0 Å². The largest absolute Gasteiger partial charge is 0.481 e. The first-order chi connectivity index (χ1) is 7.54. The summed E-state index contributed by atoms with van der Waals surface area (Å²) in [5.41, 5.74) is 0. The molecule has 1 atom stereocenters. The van der Waals surface area contributed by atoms with Crippen LogP contribution >= 0.6 is 0 Å². The molecule has 1 rings (SSSR count). The average molecular weight is 225 g/mol. The van der Waals surface area contributed by atoms with Gasteiger partial charge in [0.2, 0.25) is 0 Å². The van der Waals surface area contributed by atoms with E-state index in [1.54, 1.807) is 0 Å². The number of hydrogen-bond donors (Lipinski definition) is 1. The van der Waals surface area contributed by atoms with Crippen LogP contribution in [-0.4, -0.2) is 25.8 Å². The predicted octanol–water partition coefficient (Wildman–Crippen LogP) is 1.65. The Balaban J connectivity index is 2.69. The van der Waals surface area contributed by atoms with Crippen molar-refractivity contribution in [1.82, 2.24) is 14.8 Å². The molecule has 0 spiro atoms. The van der Waals surface area contributed by atoms with E-state index in [0.29, 0.717) is 6.42 Å². The van der Waals surface area contributed by atoms with E-state index in [-0.39, 0.29) is 12.3 Å². The highest BCUT2D eigenvalue weighted by Crippen LogP contribution is 2.12. The number of carbonyl (C=O) groups is 1. The van der Waals surface area contributed by atoms with Crippen LogP contribution in [0.2, 0.25) is 0 Å². The Labute approximate surface area is 95.5 Å². The second-order valence-corrected chi connectivity index (χ2v) is 4.22. The zero-order chi connectivity index (χ0) is 12.1. The molecular weight excluding hydrogens is 206 g/mol. The summed E-state index contributed by atoms with van der Waals surface area (Å²) in [6.45, 7) is 6.85. The fourth-order valence-electron chi connectivity index (χ4n) is 1.77. The van der Waals surface area contributed by atoms with Gasteiger partial charge in [-0.05, 0) is 19.3 Å². The van der Waals surface area contributed by atoms with Gasteiger partial charge in [0.25, 0.3) is 0 Å². The van der Waals surface area contributed by atoms with E-state index in [9.17, 15) is 4.79 Å². The first-order valence-electron chi connectivity index (χ1n) is 5.65. The van der Waals surface area contributed by atoms with E-state index in [1.165, 1.54) is 0 Å². The van der Waals surface area contributed by atoms with Gasteiger partial charge in [0.15, 0.2) is 0 Å². The summed E-state index contributed by atoms with van der Waals surface area (Å²) in [6.07, 6.45) is 1.88. The molecule has 5 nitrogen and oxygen atoms in total. The third-order valence-electron chi connectivity index (χ3n) is 2.51. The maximum absolute atomic E-state index is 10.6. The topological polar surface area (TPSA) is 68.0 Å². The minimum absolute atomic E-state index is 0.0942. The molecule has 1 heterocycles. The molecule has 1 N–H and O–H groups in total. The predicted molar refractivity (Wildman–Crippen MR) is 60.2 cm³/mol. The number of aliphatic carboxylic acids is 1. The fourth-order valence-corrected chi connectivity index (χ4v) is 1.77. The van der Waals surface area contributed by atoms with E-state index in [1.807, 2.05) is 13.8 Å². The van der Waals surface area contributed by atoms with Crippen molar-refractivity contribution in [2.75, 3.05) is 0 Å². The lowest BCUT2D eigenvalue weighted by Gasteiger charge is -2.10. The molecule has 0 aliphatic rings. The number of carboxylic acid groups (broad SMARTS) is 1. The number of aryl methyl sites for hydroxylation is 1. The highest BCUT2D eigenvalue weighted by molar-refractivity contribution is 5.66. The Kier molecular flexibility index (Phi) is 4.46. The summed E-state index contributed by atoms with van der Waals surface area (Å²) >= 11 is 0. The van der Waals surface area contributed by atoms with Crippen LogP contribution in [0.1, 0.15) is 38.3 Å². The molecule has 5 heteroatoms.